The van der Waals surface area contributed by atoms with Crippen molar-refractivity contribution in [1.82, 2.24) is 24.5 Å². The number of likely N-dealkylation sites (N-methyl/N-ethyl adjacent to an activating group) is 1. The molecule has 3 aromatic heterocycles. The molecule has 0 saturated carbocycles. The molecule has 0 radical (unpaired) electrons. The third-order valence-electron chi connectivity index (χ3n) is 4.97. The summed E-state index contributed by atoms with van der Waals surface area (Å²) in [5, 5.41) is 1.11. The maximum absolute atomic E-state index is 4.57. The predicted octanol–water partition coefficient (Wildman–Crippen LogP) is 2.17. The van der Waals surface area contributed by atoms with Crippen LogP contribution in [0.25, 0.3) is 11.0 Å². The standard InChI is InChI=1S/C18H23N7/c1-13-9-19-18(20-10-13)24(3)14-5-4-7-25(11-14)17-15-6-8-23(2)16(15)21-12-22-17/h6,8-10,12,14H,4-5,7,11H2,1-3H3. The lowest BCUT2D eigenvalue weighted by atomic mass is 10.0. The number of hydrogen-bond acceptors (Lipinski definition) is 6. The minimum Gasteiger partial charge on any atom is -0.354 e. The molecule has 0 amide bonds. The number of aryl methyl sites for hydroxylation is 2. The molecule has 1 atom stereocenters. The largest absolute Gasteiger partial charge is 0.354 e. The number of fused-ring (bicyclic) bond motifs is 1. The van der Waals surface area contributed by atoms with Gasteiger partial charge in [-0.15, -0.1) is 0 Å². The summed E-state index contributed by atoms with van der Waals surface area (Å²) in [6.07, 6.45) is 9.70. The summed E-state index contributed by atoms with van der Waals surface area (Å²) in [4.78, 5) is 22.5. The molecular weight excluding hydrogens is 314 g/mol. The van der Waals surface area contributed by atoms with Gasteiger partial charge in [0, 0.05) is 51.8 Å². The maximum atomic E-state index is 4.57. The van der Waals surface area contributed by atoms with Gasteiger partial charge in [0.05, 0.1) is 5.39 Å². The van der Waals surface area contributed by atoms with Crippen molar-refractivity contribution < 1.29 is 0 Å². The molecule has 7 nitrogen and oxygen atoms in total. The molecule has 0 bridgehead atoms. The molecule has 130 valence electrons. The molecule has 0 aliphatic carbocycles. The highest BCUT2D eigenvalue weighted by Crippen LogP contribution is 2.27. The van der Waals surface area contributed by atoms with Crippen LogP contribution < -0.4 is 9.80 Å². The summed E-state index contributed by atoms with van der Waals surface area (Å²) < 4.78 is 2.04. The molecule has 1 aliphatic heterocycles. The molecule has 1 unspecified atom stereocenters. The van der Waals surface area contributed by atoms with E-state index in [2.05, 4.69) is 42.8 Å². The Morgan fingerprint density at radius 1 is 1.16 bits per heavy atom. The van der Waals surface area contributed by atoms with E-state index in [0.717, 1.165) is 54.3 Å². The third kappa shape index (κ3) is 2.90. The van der Waals surface area contributed by atoms with Gasteiger partial charge in [-0.1, -0.05) is 0 Å². The third-order valence-corrected chi connectivity index (χ3v) is 4.97. The van der Waals surface area contributed by atoms with Gasteiger partial charge in [0.1, 0.15) is 17.8 Å². The molecule has 1 fully saturated rings. The summed E-state index contributed by atoms with van der Waals surface area (Å²) in [6, 6.07) is 2.46. The second-order valence-corrected chi connectivity index (χ2v) is 6.77. The van der Waals surface area contributed by atoms with Crippen LogP contribution in [0.5, 0.6) is 0 Å². The summed E-state index contributed by atoms with van der Waals surface area (Å²) >= 11 is 0. The molecule has 0 spiro atoms. The Morgan fingerprint density at radius 3 is 2.76 bits per heavy atom. The summed E-state index contributed by atoms with van der Waals surface area (Å²) in [6.45, 7) is 3.93. The van der Waals surface area contributed by atoms with Crippen LogP contribution in [0, 0.1) is 6.92 Å². The molecule has 1 saturated heterocycles. The van der Waals surface area contributed by atoms with E-state index in [9.17, 15) is 0 Å². The van der Waals surface area contributed by atoms with Gasteiger partial charge in [0.15, 0.2) is 0 Å². The van der Waals surface area contributed by atoms with Crippen LogP contribution in [-0.2, 0) is 7.05 Å². The van der Waals surface area contributed by atoms with E-state index in [1.165, 1.54) is 0 Å². The van der Waals surface area contributed by atoms with E-state index in [0.29, 0.717) is 6.04 Å². The molecule has 1 aliphatic rings. The molecule has 25 heavy (non-hydrogen) atoms. The molecule has 7 heteroatoms. The zero-order chi connectivity index (χ0) is 17.4. The number of anilines is 2. The van der Waals surface area contributed by atoms with E-state index in [1.54, 1.807) is 6.33 Å². The van der Waals surface area contributed by atoms with Gasteiger partial charge in [0.2, 0.25) is 5.95 Å². The number of hydrogen-bond donors (Lipinski definition) is 0. The quantitative estimate of drug-likeness (QED) is 0.730. The minimum absolute atomic E-state index is 0.366. The molecular formula is C18H23N7. The molecule has 4 rings (SSSR count). The Hall–Kier alpha value is -2.70. The van der Waals surface area contributed by atoms with Crippen LogP contribution in [0.4, 0.5) is 11.8 Å². The Morgan fingerprint density at radius 2 is 1.96 bits per heavy atom. The first-order chi connectivity index (χ1) is 12.1. The topological polar surface area (TPSA) is 63.0 Å². The number of rotatable bonds is 3. The second kappa shape index (κ2) is 6.31. The Kier molecular flexibility index (Phi) is 3.99. The predicted molar refractivity (Wildman–Crippen MR) is 98.9 cm³/mol. The van der Waals surface area contributed by atoms with Crippen LogP contribution in [0.2, 0.25) is 0 Å². The van der Waals surface area contributed by atoms with Gasteiger partial charge in [-0.25, -0.2) is 19.9 Å². The van der Waals surface area contributed by atoms with Crippen molar-refractivity contribution in [3.8, 4) is 0 Å². The zero-order valence-corrected chi connectivity index (χ0v) is 14.9. The average Bonchev–Trinajstić information content (AvgIpc) is 3.03. The Balaban J connectivity index is 1.59. The molecule has 0 N–H and O–H groups in total. The van der Waals surface area contributed by atoms with Crippen LogP contribution in [0.3, 0.4) is 0 Å². The van der Waals surface area contributed by atoms with Gasteiger partial charge in [0.25, 0.3) is 0 Å². The van der Waals surface area contributed by atoms with Gasteiger partial charge in [-0.3, -0.25) is 0 Å². The van der Waals surface area contributed by atoms with Crippen molar-refractivity contribution >= 4 is 22.8 Å². The first kappa shape index (κ1) is 15.8. The van der Waals surface area contributed by atoms with Gasteiger partial charge >= 0.3 is 0 Å². The van der Waals surface area contributed by atoms with E-state index in [-0.39, 0.29) is 0 Å². The first-order valence-corrected chi connectivity index (χ1v) is 8.66. The summed E-state index contributed by atoms with van der Waals surface area (Å²) in [5.74, 6) is 1.80. The number of piperidine rings is 1. The lowest BCUT2D eigenvalue weighted by molar-refractivity contribution is 0.481. The number of nitrogens with zero attached hydrogens (tertiary/aromatic N) is 7. The highest BCUT2D eigenvalue weighted by Gasteiger charge is 2.26. The lowest BCUT2D eigenvalue weighted by Gasteiger charge is -2.38. The minimum atomic E-state index is 0.366. The fourth-order valence-electron chi connectivity index (χ4n) is 3.51. The average molecular weight is 337 g/mol. The Labute approximate surface area is 147 Å². The maximum Gasteiger partial charge on any atom is 0.225 e. The zero-order valence-electron chi connectivity index (χ0n) is 14.9. The summed E-state index contributed by atoms with van der Waals surface area (Å²) in [5.41, 5.74) is 2.05. The van der Waals surface area contributed by atoms with Crippen LogP contribution in [-0.4, -0.2) is 50.7 Å². The first-order valence-electron chi connectivity index (χ1n) is 8.66. The monoisotopic (exact) mass is 337 g/mol. The van der Waals surface area contributed by atoms with Crippen LogP contribution in [0.1, 0.15) is 18.4 Å². The van der Waals surface area contributed by atoms with Crippen molar-refractivity contribution in [1.29, 1.82) is 0 Å². The van der Waals surface area contributed by atoms with Crippen molar-refractivity contribution in [3.05, 3.63) is 36.5 Å². The van der Waals surface area contributed by atoms with Crippen molar-refractivity contribution in [3.63, 3.8) is 0 Å². The Bertz CT molecular complexity index is 871. The van der Waals surface area contributed by atoms with Gasteiger partial charge in [-0.2, -0.15) is 0 Å². The van der Waals surface area contributed by atoms with E-state index < -0.39 is 0 Å². The lowest BCUT2D eigenvalue weighted by Crippen LogP contribution is -2.47. The highest BCUT2D eigenvalue weighted by molar-refractivity contribution is 5.87. The SMILES string of the molecule is Cc1cnc(N(C)C2CCCN(c3ncnc4c3ccn4C)C2)nc1. The normalized spacial score (nSPS) is 17.9. The fraction of sp³-hybridized carbons (Fsp3) is 0.444. The summed E-state index contributed by atoms with van der Waals surface area (Å²) in [7, 11) is 4.09. The van der Waals surface area contributed by atoms with Gasteiger partial charge in [-0.05, 0) is 31.4 Å². The van der Waals surface area contributed by atoms with E-state index >= 15 is 0 Å². The fourth-order valence-corrected chi connectivity index (χ4v) is 3.51. The van der Waals surface area contributed by atoms with Crippen molar-refractivity contribution in [2.24, 2.45) is 7.05 Å². The second-order valence-electron chi connectivity index (χ2n) is 6.77. The van der Waals surface area contributed by atoms with Crippen LogP contribution >= 0.6 is 0 Å². The van der Waals surface area contributed by atoms with E-state index in [4.69, 9.17) is 0 Å². The van der Waals surface area contributed by atoms with Crippen molar-refractivity contribution in [2.45, 2.75) is 25.8 Å². The number of aromatic nitrogens is 5. The molecule has 4 heterocycles. The molecule has 3 aromatic rings. The van der Waals surface area contributed by atoms with Crippen molar-refractivity contribution in [2.75, 3.05) is 29.9 Å². The molecule has 0 aromatic carbocycles. The van der Waals surface area contributed by atoms with Crippen LogP contribution in [0.15, 0.2) is 31.0 Å². The smallest absolute Gasteiger partial charge is 0.225 e. The van der Waals surface area contributed by atoms with Gasteiger partial charge < -0.3 is 14.4 Å². The highest BCUT2D eigenvalue weighted by atomic mass is 15.3. The van der Waals surface area contributed by atoms with E-state index in [1.807, 2.05) is 37.1 Å².